The van der Waals surface area contributed by atoms with Crippen molar-refractivity contribution >= 4 is 0 Å². The van der Waals surface area contributed by atoms with Crippen LogP contribution in [0.1, 0.15) is 6.42 Å². The first-order chi connectivity index (χ1) is 14.7. The Kier molecular flexibility index (Phi) is 9.25. The lowest BCUT2D eigenvalue weighted by Gasteiger charge is -2.43. The molecule has 0 saturated carbocycles. The van der Waals surface area contributed by atoms with Crippen LogP contribution in [0, 0.1) is 0 Å². The quantitative estimate of drug-likeness (QED) is 0.327. The van der Waals surface area contributed by atoms with Gasteiger partial charge in [0.15, 0.2) is 0 Å². The lowest BCUT2D eigenvalue weighted by Crippen LogP contribution is -2.74. The molecule has 0 heterocycles. The molecule has 0 radical (unpaired) electrons. The van der Waals surface area contributed by atoms with Crippen LogP contribution < -0.4 is 0 Å². The van der Waals surface area contributed by atoms with Gasteiger partial charge in [-0.2, -0.15) is 74.6 Å². The molecule has 3 nitrogen and oxygen atoms in total. The number of hydrogen-bond donors (Lipinski definition) is 2. The highest BCUT2D eigenvalue weighted by molar-refractivity contribution is 5.15. The Morgan fingerprint density at radius 3 is 1.00 bits per heavy atom. The van der Waals surface area contributed by atoms with Crippen LogP contribution in [0.4, 0.5) is 74.6 Å². The van der Waals surface area contributed by atoms with Gasteiger partial charge in [0.25, 0.3) is 0 Å². The monoisotopic (exact) mass is 551 g/mol. The molecule has 0 aliphatic carbocycles. The molecule has 0 fully saturated rings. The summed E-state index contributed by atoms with van der Waals surface area (Å²) in [6.07, 6.45) is -10.4. The minimum absolute atomic E-state index is 0.451. The first kappa shape index (κ1) is 32.7. The minimum atomic E-state index is -8.65. The zero-order valence-electron chi connectivity index (χ0n) is 16.0. The lowest BCUT2D eigenvalue weighted by atomic mass is 9.88. The maximum Gasteiger partial charge on any atom is 0.460 e. The van der Waals surface area contributed by atoms with E-state index in [0.29, 0.717) is 4.90 Å². The predicted octanol–water partition coefficient (Wildman–Crippen LogP) is 4.67. The second-order valence-corrected chi connectivity index (χ2v) is 6.69. The Morgan fingerprint density at radius 1 is 0.412 bits per heavy atom. The van der Waals surface area contributed by atoms with Crippen LogP contribution in [0.3, 0.4) is 0 Å². The fourth-order valence-corrected chi connectivity index (χ4v) is 2.27. The molecule has 0 aliphatic rings. The second-order valence-electron chi connectivity index (χ2n) is 6.69. The molecule has 34 heavy (non-hydrogen) atoms. The van der Waals surface area contributed by atoms with E-state index in [1.165, 1.54) is 0 Å². The Hall–Kier alpha value is -1.31. The van der Waals surface area contributed by atoms with Gasteiger partial charge in [0.2, 0.25) is 0 Å². The Morgan fingerprint density at radius 2 is 0.706 bits per heavy atom. The van der Waals surface area contributed by atoms with E-state index in [1.807, 2.05) is 0 Å². The van der Waals surface area contributed by atoms with Gasteiger partial charge in [-0.15, -0.1) is 0 Å². The smallest absolute Gasteiger partial charge is 0.395 e. The van der Waals surface area contributed by atoms with Gasteiger partial charge in [0, 0.05) is 26.1 Å². The normalized spacial score (nSPS) is 15.9. The Bertz CT molecular complexity index is 670. The number of hydrogen-bond acceptors (Lipinski definition) is 3. The SMILES string of the molecule is OCCN(CCO)CCC(F)(F)C(F)(F)C(F)(F)C(F)(F)C(F)(F)C(F)(F)C(F)(F)C(F)(F)F. The summed E-state index contributed by atoms with van der Waals surface area (Å²) in [5.41, 5.74) is 0. The van der Waals surface area contributed by atoms with Crippen molar-refractivity contribution in [2.45, 2.75) is 54.1 Å². The van der Waals surface area contributed by atoms with E-state index in [1.54, 1.807) is 0 Å². The number of rotatable bonds is 13. The lowest BCUT2D eigenvalue weighted by molar-refractivity contribution is -0.461. The van der Waals surface area contributed by atoms with Crippen molar-refractivity contribution in [2.24, 2.45) is 0 Å². The van der Waals surface area contributed by atoms with E-state index in [4.69, 9.17) is 10.2 Å². The second kappa shape index (κ2) is 9.62. The molecule has 0 atom stereocenters. The third kappa shape index (κ3) is 4.98. The highest BCUT2D eigenvalue weighted by Crippen LogP contribution is 2.64. The zero-order valence-corrected chi connectivity index (χ0v) is 16.0. The largest absolute Gasteiger partial charge is 0.460 e. The molecule has 0 aliphatic heterocycles. The van der Waals surface area contributed by atoms with Crippen molar-refractivity contribution in [2.75, 3.05) is 32.8 Å². The summed E-state index contributed by atoms with van der Waals surface area (Å²) in [5.74, 6) is -56.5. The summed E-state index contributed by atoms with van der Waals surface area (Å²) in [6, 6.07) is 0. The van der Waals surface area contributed by atoms with E-state index < -0.39 is 86.9 Å². The molecular formula is C14H14F17NO2. The Labute approximate surface area is 178 Å². The van der Waals surface area contributed by atoms with Crippen molar-refractivity contribution in [3.8, 4) is 0 Å². The van der Waals surface area contributed by atoms with Crippen molar-refractivity contribution in [1.82, 2.24) is 4.90 Å². The molecule has 0 bridgehead atoms. The first-order valence-corrected chi connectivity index (χ1v) is 8.40. The summed E-state index contributed by atoms with van der Waals surface area (Å²) in [5, 5.41) is 17.2. The number of halogens is 17. The molecule has 0 amide bonds. The molecular weight excluding hydrogens is 537 g/mol. The van der Waals surface area contributed by atoms with E-state index in [0.717, 1.165) is 0 Å². The Balaban J connectivity index is 6.39. The van der Waals surface area contributed by atoms with Gasteiger partial charge in [-0.05, 0) is 0 Å². The van der Waals surface area contributed by atoms with Crippen LogP contribution in [0.25, 0.3) is 0 Å². The molecule has 0 unspecified atom stereocenters. The highest BCUT2D eigenvalue weighted by atomic mass is 19.4. The zero-order chi connectivity index (χ0) is 27.8. The molecule has 20 heteroatoms. The minimum Gasteiger partial charge on any atom is -0.395 e. The highest BCUT2D eigenvalue weighted by Gasteiger charge is 2.95. The van der Waals surface area contributed by atoms with Crippen molar-refractivity contribution in [3.63, 3.8) is 0 Å². The van der Waals surface area contributed by atoms with E-state index >= 15 is 0 Å². The van der Waals surface area contributed by atoms with Gasteiger partial charge in [0.05, 0.1) is 13.2 Å². The van der Waals surface area contributed by atoms with Crippen LogP contribution in [0.5, 0.6) is 0 Å². The van der Waals surface area contributed by atoms with Crippen LogP contribution in [-0.2, 0) is 0 Å². The maximum atomic E-state index is 13.7. The van der Waals surface area contributed by atoms with Crippen LogP contribution in [0.2, 0.25) is 0 Å². The van der Waals surface area contributed by atoms with E-state index in [9.17, 15) is 74.6 Å². The van der Waals surface area contributed by atoms with E-state index in [2.05, 4.69) is 0 Å². The molecule has 0 aromatic carbocycles. The van der Waals surface area contributed by atoms with Crippen molar-refractivity contribution < 1.29 is 84.9 Å². The number of aliphatic hydroxyl groups is 2. The molecule has 0 aromatic rings. The molecule has 2 N–H and O–H groups in total. The van der Waals surface area contributed by atoms with Crippen molar-refractivity contribution in [1.29, 1.82) is 0 Å². The van der Waals surface area contributed by atoms with Crippen LogP contribution in [0.15, 0.2) is 0 Å². The predicted molar refractivity (Wildman–Crippen MR) is 75.9 cm³/mol. The maximum absolute atomic E-state index is 13.7. The van der Waals surface area contributed by atoms with Gasteiger partial charge in [0.1, 0.15) is 0 Å². The molecule has 0 aromatic heterocycles. The molecule has 0 rings (SSSR count). The van der Waals surface area contributed by atoms with Crippen LogP contribution in [-0.4, -0.2) is 95.6 Å². The number of nitrogens with zero attached hydrogens (tertiary/aromatic N) is 1. The third-order valence-electron chi connectivity index (χ3n) is 4.36. The third-order valence-corrected chi connectivity index (χ3v) is 4.36. The van der Waals surface area contributed by atoms with E-state index in [-0.39, 0.29) is 0 Å². The number of alkyl halides is 17. The first-order valence-electron chi connectivity index (χ1n) is 8.40. The fraction of sp³-hybridized carbons (Fsp3) is 1.00. The van der Waals surface area contributed by atoms with Gasteiger partial charge >= 0.3 is 47.6 Å². The van der Waals surface area contributed by atoms with Gasteiger partial charge in [-0.25, -0.2) is 0 Å². The van der Waals surface area contributed by atoms with Gasteiger partial charge in [-0.1, -0.05) is 0 Å². The average Bonchev–Trinajstić information content (AvgIpc) is 2.64. The summed E-state index contributed by atoms with van der Waals surface area (Å²) < 4.78 is 223. The summed E-state index contributed by atoms with van der Waals surface area (Å²) in [4.78, 5) is 0.451. The standard InChI is InChI=1S/C14H14F17NO2/c15-7(16,1-2-32(3-5-33)4-6-34)8(17,18)9(19,20)10(21,22)11(23,24)12(25,26)13(27,28)14(29,30)31/h33-34H,1-6H2. The van der Waals surface area contributed by atoms with Gasteiger partial charge in [-0.3, -0.25) is 4.90 Å². The van der Waals surface area contributed by atoms with Gasteiger partial charge < -0.3 is 10.2 Å². The summed E-state index contributed by atoms with van der Waals surface area (Å²) >= 11 is 0. The average molecular weight is 551 g/mol. The summed E-state index contributed by atoms with van der Waals surface area (Å²) in [7, 11) is 0. The summed E-state index contributed by atoms with van der Waals surface area (Å²) in [6.45, 7) is -4.75. The molecule has 0 spiro atoms. The molecule has 0 saturated heterocycles. The number of aliphatic hydroxyl groups excluding tert-OH is 2. The van der Waals surface area contributed by atoms with Crippen LogP contribution >= 0.6 is 0 Å². The topological polar surface area (TPSA) is 43.7 Å². The molecule has 206 valence electrons. The van der Waals surface area contributed by atoms with Crippen molar-refractivity contribution in [3.05, 3.63) is 0 Å². The fourth-order valence-electron chi connectivity index (χ4n) is 2.27.